The van der Waals surface area contributed by atoms with Crippen LogP contribution in [0.15, 0.2) is 65.1 Å². The molecule has 3 rings (SSSR count). The van der Waals surface area contributed by atoms with Crippen LogP contribution in [0.25, 0.3) is 10.8 Å². The molecular weight excluding hydrogens is 344 g/mol. The SMILES string of the molecule is NC(=S)c1ccc(Nc2ccc3ccccc3c2)c(Br)c1. The Kier molecular flexibility index (Phi) is 3.90. The number of rotatable bonds is 3. The van der Waals surface area contributed by atoms with Gasteiger partial charge in [0.05, 0.1) is 5.69 Å². The maximum Gasteiger partial charge on any atom is 0.104 e. The van der Waals surface area contributed by atoms with Gasteiger partial charge in [0, 0.05) is 15.7 Å². The lowest BCUT2D eigenvalue weighted by Gasteiger charge is -2.11. The fourth-order valence-corrected chi connectivity index (χ4v) is 2.80. The molecule has 0 atom stereocenters. The minimum Gasteiger partial charge on any atom is -0.389 e. The molecule has 0 aliphatic carbocycles. The standard InChI is InChI=1S/C17H13BrN2S/c18-15-10-13(17(19)21)6-8-16(15)20-14-7-5-11-3-1-2-4-12(11)9-14/h1-10,20H,(H2,19,21). The molecule has 0 saturated carbocycles. The molecule has 3 aromatic carbocycles. The van der Waals surface area contributed by atoms with Gasteiger partial charge >= 0.3 is 0 Å². The lowest BCUT2D eigenvalue weighted by atomic mass is 10.1. The normalized spacial score (nSPS) is 10.5. The van der Waals surface area contributed by atoms with Gasteiger partial charge in [-0.2, -0.15) is 0 Å². The molecule has 0 saturated heterocycles. The molecule has 104 valence electrons. The van der Waals surface area contributed by atoms with Crippen molar-refractivity contribution in [2.24, 2.45) is 5.73 Å². The molecule has 2 nitrogen and oxygen atoms in total. The molecule has 3 N–H and O–H groups in total. The van der Waals surface area contributed by atoms with Crippen LogP contribution in [0.3, 0.4) is 0 Å². The first-order valence-corrected chi connectivity index (χ1v) is 7.69. The monoisotopic (exact) mass is 356 g/mol. The van der Waals surface area contributed by atoms with Gasteiger partial charge in [-0.15, -0.1) is 0 Å². The maximum atomic E-state index is 5.64. The van der Waals surface area contributed by atoms with Crippen LogP contribution in [-0.4, -0.2) is 4.99 Å². The highest BCUT2D eigenvalue weighted by molar-refractivity contribution is 9.10. The molecule has 4 heteroatoms. The van der Waals surface area contributed by atoms with Gasteiger partial charge in [-0.25, -0.2) is 0 Å². The van der Waals surface area contributed by atoms with Crippen molar-refractivity contribution in [3.63, 3.8) is 0 Å². The van der Waals surface area contributed by atoms with Gasteiger partial charge in [0.2, 0.25) is 0 Å². The first-order chi connectivity index (χ1) is 10.1. The van der Waals surface area contributed by atoms with Crippen LogP contribution in [0.4, 0.5) is 11.4 Å². The molecule has 0 aromatic heterocycles. The van der Waals surface area contributed by atoms with E-state index in [0.717, 1.165) is 21.4 Å². The van der Waals surface area contributed by atoms with E-state index in [4.69, 9.17) is 18.0 Å². The summed E-state index contributed by atoms with van der Waals surface area (Å²) in [6, 6.07) is 20.4. The average molecular weight is 357 g/mol. The third-order valence-corrected chi connectivity index (χ3v) is 4.17. The summed E-state index contributed by atoms with van der Waals surface area (Å²) < 4.78 is 0.931. The summed E-state index contributed by atoms with van der Waals surface area (Å²) in [4.78, 5) is 0.396. The van der Waals surface area contributed by atoms with Crippen molar-refractivity contribution < 1.29 is 0 Å². The number of benzene rings is 3. The van der Waals surface area contributed by atoms with Gasteiger partial charge in [-0.1, -0.05) is 42.5 Å². The second-order valence-electron chi connectivity index (χ2n) is 4.75. The Balaban J connectivity index is 1.93. The second kappa shape index (κ2) is 5.84. The number of halogens is 1. The first-order valence-electron chi connectivity index (χ1n) is 6.49. The molecule has 0 fully saturated rings. The van der Waals surface area contributed by atoms with Crippen LogP contribution in [0.5, 0.6) is 0 Å². The van der Waals surface area contributed by atoms with Gasteiger partial charge in [0.1, 0.15) is 4.99 Å². The molecule has 3 aromatic rings. The summed E-state index contributed by atoms with van der Waals surface area (Å²) in [6.07, 6.45) is 0. The van der Waals surface area contributed by atoms with Gasteiger partial charge in [-0.05, 0) is 57.0 Å². The van der Waals surface area contributed by atoms with E-state index in [9.17, 15) is 0 Å². The first kappa shape index (κ1) is 14.0. The van der Waals surface area contributed by atoms with E-state index >= 15 is 0 Å². The highest BCUT2D eigenvalue weighted by Gasteiger charge is 2.04. The molecular formula is C17H13BrN2S. The number of fused-ring (bicyclic) bond motifs is 1. The van der Waals surface area contributed by atoms with Gasteiger partial charge < -0.3 is 11.1 Å². The van der Waals surface area contributed by atoms with Crippen LogP contribution in [0.2, 0.25) is 0 Å². The van der Waals surface area contributed by atoms with Crippen molar-refractivity contribution in [1.82, 2.24) is 0 Å². The minimum atomic E-state index is 0.396. The zero-order valence-electron chi connectivity index (χ0n) is 11.1. The van der Waals surface area contributed by atoms with Crippen LogP contribution in [-0.2, 0) is 0 Å². The summed E-state index contributed by atoms with van der Waals surface area (Å²) in [5, 5.41) is 5.83. The predicted octanol–water partition coefficient (Wildman–Crippen LogP) is 4.98. The summed E-state index contributed by atoms with van der Waals surface area (Å²) in [7, 11) is 0. The van der Waals surface area contributed by atoms with E-state index in [1.54, 1.807) is 0 Å². The largest absolute Gasteiger partial charge is 0.389 e. The Bertz CT molecular complexity index is 830. The highest BCUT2D eigenvalue weighted by atomic mass is 79.9. The summed E-state index contributed by atoms with van der Waals surface area (Å²) in [5.41, 5.74) is 8.50. The summed E-state index contributed by atoms with van der Waals surface area (Å²) >= 11 is 8.53. The topological polar surface area (TPSA) is 38.0 Å². The smallest absolute Gasteiger partial charge is 0.104 e. The third-order valence-electron chi connectivity index (χ3n) is 3.28. The summed E-state index contributed by atoms with van der Waals surface area (Å²) in [6.45, 7) is 0. The Labute approximate surface area is 137 Å². The van der Waals surface area contributed by atoms with Gasteiger partial charge in [-0.3, -0.25) is 0 Å². The van der Waals surface area contributed by atoms with Crippen LogP contribution < -0.4 is 11.1 Å². The Morgan fingerprint density at radius 2 is 1.71 bits per heavy atom. The Morgan fingerprint density at radius 3 is 2.43 bits per heavy atom. The number of hydrogen-bond acceptors (Lipinski definition) is 2. The van der Waals surface area contributed by atoms with Crippen LogP contribution >= 0.6 is 28.1 Å². The number of nitrogens with two attached hydrogens (primary N) is 1. The molecule has 0 aliphatic rings. The number of thiocarbonyl (C=S) groups is 1. The van der Waals surface area contributed by atoms with Crippen molar-refractivity contribution in [2.75, 3.05) is 5.32 Å². The molecule has 0 amide bonds. The van der Waals surface area contributed by atoms with Crippen LogP contribution in [0.1, 0.15) is 5.56 Å². The van der Waals surface area contributed by atoms with Gasteiger partial charge in [0.15, 0.2) is 0 Å². The van der Waals surface area contributed by atoms with Crippen molar-refractivity contribution in [1.29, 1.82) is 0 Å². The Morgan fingerprint density at radius 1 is 0.952 bits per heavy atom. The zero-order chi connectivity index (χ0) is 14.8. The molecule has 0 spiro atoms. The molecule has 0 unspecified atom stereocenters. The van der Waals surface area contributed by atoms with E-state index < -0.39 is 0 Å². The third kappa shape index (κ3) is 3.06. The molecule has 0 bridgehead atoms. The fraction of sp³-hybridized carbons (Fsp3) is 0. The van der Waals surface area contributed by atoms with E-state index in [1.807, 2.05) is 30.3 Å². The number of anilines is 2. The predicted molar refractivity (Wildman–Crippen MR) is 97.3 cm³/mol. The Hall–Kier alpha value is -1.91. The van der Waals surface area contributed by atoms with Gasteiger partial charge in [0.25, 0.3) is 0 Å². The molecule has 21 heavy (non-hydrogen) atoms. The van der Waals surface area contributed by atoms with Crippen molar-refractivity contribution in [3.8, 4) is 0 Å². The van der Waals surface area contributed by atoms with E-state index in [1.165, 1.54) is 10.8 Å². The molecule has 0 aliphatic heterocycles. The lowest BCUT2D eigenvalue weighted by molar-refractivity contribution is 1.52. The number of nitrogens with one attached hydrogen (secondary N) is 1. The average Bonchev–Trinajstić information content (AvgIpc) is 2.49. The van der Waals surface area contributed by atoms with Crippen LogP contribution in [0, 0.1) is 0 Å². The maximum absolute atomic E-state index is 5.64. The van der Waals surface area contributed by atoms with E-state index in [0.29, 0.717) is 4.99 Å². The number of hydrogen-bond donors (Lipinski definition) is 2. The van der Waals surface area contributed by atoms with E-state index in [-0.39, 0.29) is 0 Å². The van der Waals surface area contributed by atoms with Crippen molar-refractivity contribution in [3.05, 3.63) is 70.7 Å². The van der Waals surface area contributed by atoms with Crippen molar-refractivity contribution >= 4 is 55.3 Å². The molecule has 0 heterocycles. The molecule has 0 radical (unpaired) electrons. The van der Waals surface area contributed by atoms with E-state index in [2.05, 4.69) is 51.6 Å². The van der Waals surface area contributed by atoms with Crippen molar-refractivity contribution in [2.45, 2.75) is 0 Å². The highest BCUT2D eigenvalue weighted by Crippen LogP contribution is 2.28. The summed E-state index contributed by atoms with van der Waals surface area (Å²) in [5.74, 6) is 0. The zero-order valence-corrected chi connectivity index (χ0v) is 13.5. The minimum absolute atomic E-state index is 0.396. The second-order valence-corrected chi connectivity index (χ2v) is 6.04. The lowest BCUT2D eigenvalue weighted by Crippen LogP contribution is -2.09. The quantitative estimate of drug-likeness (QED) is 0.650. The fourth-order valence-electron chi connectivity index (χ4n) is 2.19.